The lowest BCUT2D eigenvalue weighted by molar-refractivity contribution is -0.683. The molecule has 3 rings (SSSR count). The lowest BCUT2D eigenvalue weighted by atomic mass is 9.86. The molecule has 1 N–H and O–H groups in total. The third-order valence-corrected chi connectivity index (χ3v) is 8.60. The number of amides is 1. The SMILES string of the molecule is CCCCCCCCCCCCCCOc1ccc(OCC(=O)Nc2ccccc2C[n+]2csc(C)c2)cc1C(C)(C)C.[Br-]. The molecule has 0 aliphatic heterocycles. The smallest absolute Gasteiger partial charge is 0.262 e. The van der Waals surface area contributed by atoms with E-state index < -0.39 is 0 Å². The van der Waals surface area contributed by atoms with Gasteiger partial charge in [-0.3, -0.25) is 4.79 Å². The van der Waals surface area contributed by atoms with Crippen molar-refractivity contribution in [1.82, 2.24) is 0 Å². The summed E-state index contributed by atoms with van der Waals surface area (Å²) in [5.41, 5.74) is 4.95. The summed E-state index contributed by atoms with van der Waals surface area (Å²) >= 11 is 1.71. The highest BCUT2D eigenvalue weighted by Gasteiger charge is 2.20. The van der Waals surface area contributed by atoms with E-state index in [-0.39, 0.29) is 34.9 Å². The number of para-hydroxylation sites is 1. The van der Waals surface area contributed by atoms with Crippen LogP contribution in [0.5, 0.6) is 11.5 Å². The molecule has 0 unspecified atom stereocenters. The van der Waals surface area contributed by atoms with Crippen molar-refractivity contribution in [2.45, 2.75) is 124 Å². The fourth-order valence-electron chi connectivity index (χ4n) is 5.28. The zero-order valence-corrected chi connectivity index (χ0v) is 30.2. The van der Waals surface area contributed by atoms with Crippen molar-refractivity contribution in [3.63, 3.8) is 0 Å². The van der Waals surface area contributed by atoms with Gasteiger partial charge < -0.3 is 31.8 Å². The van der Waals surface area contributed by atoms with E-state index in [4.69, 9.17) is 9.47 Å². The lowest BCUT2D eigenvalue weighted by Gasteiger charge is -2.24. The Labute approximate surface area is 281 Å². The van der Waals surface area contributed by atoms with Gasteiger partial charge in [0.1, 0.15) is 11.5 Å². The fraction of sp³-hybridized carbons (Fsp3) is 0.568. The number of rotatable bonds is 20. The second-order valence-corrected chi connectivity index (χ2v) is 13.9. The van der Waals surface area contributed by atoms with Crippen LogP contribution in [0.1, 0.15) is 121 Å². The number of benzene rings is 2. The zero-order chi connectivity index (χ0) is 30.9. The van der Waals surface area contributed by atoms with Gasteiger partial charge in [0.2, 0.25) is 5.51 Å². The standard InChI is InChI=1S/C37H54N2O3S.BrH/c1-6-7-8-9-10-11-12-13-14-15-16-19-24-41-35-23-22-32(25-33(35)37(3,4)5)42-28-36(40)38-34-21-18-17-20-31(34)27-39-26-30(2)43-29-39;/h17-18,20-23,25-26,29H,6-16,19,24,27-28H2,1-5H3;1H. The van der Waals surface area contributed by atoms with Gasteiger partial charge in [-0.05, 0) is 43.0 Å². The number of carbonyl (C=O) groups excluding carboxylic acids is 1. The summed E-state index contributed by atoms with van der Waals surface area (Å²) in [4.78, 5) is 14.1. The molecule has 1 amide bonds. The van der Waals surface area contributed by atoms with Gasteiger partial charge in [0.05, 0.1) is 17.2 Å². The van der Waals surface area contributed by atoms with Crippen LogP contribution in [0.3, 0.4) is 0 Å². The minimum Gasteiger partial charge on any atom is -1.00 e. The molecule has 44 heavy (non-hydrogen) atoms. The Bertz CT molecular complexity index is 1240. The number of nitrogens with one attached hydrogen (secondary N) is 1. The maximum absolute atomic E-state index is 12.8. The van der Waals surface area contributed by atoms with Crippen LogP contribution in [-0.4, -0.2) is 19.1 Å². The largest absolute Gasteiger partial charge is 1.00 e. The fourth-order valence-corrected chi connectivity index (χ4v) is 5.91. The quantitative estimate of drug-likeness (QED) is 0.105. The maximum Gasteiger partial charge on any atom is 0.262 e. The van der Waals surface area contributed by atoms with E-state index >= 15 is 0 Å². The second-order valence-electron chi connectivity index (χ2n) is 12.8. The molecule has 7 heteroatoms. The highest BCUT2D eigenvalue weighted by atomic mass is 79.9. The van der Waals surface area contributed by atoms with Crippen molar-refractivity contribution in [3.8, 4) is 11.5 Å². The number of ether oxygens (including phenoxy) is 2. The maximum atomic E-state index is 12.8. The van der Waals surface area contributed by atoms with Gasteiger partial charge in [-0.1, -0.05) is 128 Å². The van der Waals surface area contributed by atoms with Crippen LogP contribution in [-0.2, 0) is 16.8 Å². The molecule has 0 aliphatic carbocycles. The second kappa shape index (κ2) is 20.6. The summed E-state index contributed by atoms with van der Waals surface area (Å²) in [5, 5.41) is 3.03. The first-order chi connectivity index (χ1) is 20.8. The van der Waals surface area contributed by atoms with E-state index in [1.165, 1.54) is 75.5 Å². The third kappa shape index (κ3) is 14.2. The molecule has 0 spiro atoms. The Morgan fingerprint density at radius 3 is 2.11 bits per heavy atom. The zero-order valence-electron chi connectivity index (χ0n) is 27.8. The van der Waals surface area contributed by atoms with E-state index in [0.29, 0.717) is 12.3 Å². The first-order valence-electron chi connectivity index (χ1n) is 16.5. The van der Waals surface area contributed by atoms with Crippen LogP contribution >= 0.6 is 11.3 Å². The van der Waals surface area contributed by atoms with Gasteiger partial charge >= 0.3 is 0 Å². The minimum atomic E-state index is -0.177. The molecule has 0 fully saturated rings. The summed E-state index contributed by atoms with van der Waals surface area (Å²) in [6, 6.07) is 13.8. The van der Waals surface area contributed by atoms with E-state index in [1.807, 2.05) is 42.5 Å². The molecule has 3 aromatic rings. The van der Waals surface area contributed by atoms with Crippen molar-refractivity contribution < 1.29 is 35.8 Å². The molecule has 0 bridgehead atoms. The van der Waals surface area contributed by atoms with Gasteiger partial charge in [-0.15, -0.1) is 0 Å². The van der Waals surface area contributed by atoms with Crippen molar-refractivity contribution in [3.05, 3.63) is 70.2 Å². The summed E-state index contributed by atoms with van der Waals surface area (Å²) < 4.78 is 14.3. The average Bonchev–Trinajstić information content (AvgIpc) is 3.39. The van der Waals surface area contributed by atoms with Crippen LogP contribution < -0.4 is 36.3 Å². The first kappa shape index (κ1) is 37.8. The van der Waals surface area contributed by atoms with E-state index in [2.05, 4.69) is 56.2 Å². The van der Waals surface area contributed by atoms with Gasteiger partial charge in [-0.25, -0.2) is 0 Å². The number of hydrogen-bond acceptors (Lipinski definition) is 4. The summed E-state index contributed by atoms with van der Waals surface area (Å²) in [6.45, 7) is 12.3. The van der Waals surface area contributed by atoms with Gasteiger partial charge in [0.15, 0.2) is 19.3 Å². The van der Waals surface area contributed by atoms with Crippen LogP contribution in [0.4, 0.5) is 5.69 Å². The van der Waals surface area contributed by atoms with Crippen LogP contribution in [0.15, 0.2) is 54.2 Å². The average molecular weight is 688 g/mol. The molecular formula is C37H55BrN2O3S. The Hall–Kier alpha value is -2.38. The van der Waals surface area contributed by atoms with Gasteiger partial charge in [0, 0.05) is 11.1 Å². The molecule has 0 atom stereocenters. The Morgan fingerprint density at radius 2 is 1.50 bits per heavy atom. The summed E-state index contributed by atoms with van der Waals surface area (Å²) in [6.07, 6.45) is 18.1. The number of nitrogens with zero attached hydrogens (tertiary/aromatic N) is 1. The number of thiazole rings is 1. The van der Waals surface area contributed by atoms with Crippen molar-refractivity contribution in [2.24, 2.45) is 0 Å². The highest BCUT2D eigenvalue weighted by molar-refractivity contribution is 7.09. The molecule has 0 saturated heterocycles. The van der Waals surface area contributed by atoms with Gasteiger partial charge in [0.25, 0.3) is 5.91 Å². The number of carbonyl (C=O) groups is 1. The van der Waals surface area contributed by atoms with Gasteiger partial charge in [-0.2, -0.15) is 4.57 Å². The van der Waals surface area contributed by atoms with E-state index in [9.17, 15) is 4.79 Å². The normalized spacial score (nSPS) is 11.2. The minimum absolute atomic E-state index is 0. The first-order valence-corrected chi connectivity index (χ1v) is 17.4. The summed E-state index contributed by atoms with van der Waals surface area (Å²) in [7, 11) is 0. The predicted octanol–water partition coefficient (Wildman–Crippen LogP) is 6.79. The van der Waals surface area contributed by atoms with Crippen molar-refractivity contribution in [1.29, 1.82) is 0 Å². The highest BCUT2D eigenvalue weighted by Crippen LogP contribution is 2.34. The Balaban J connectivity index is 0.00000675. The number of anilines is 1. The van der Waals surface area contributed by atoms with Crippen LogP contribution in [0.2, 0.25) is 0 Å². The lowest BCUT2D eigenvalue weighted by Crippen LogP contribution is -3.00. The molecule has 1 heterocycles. The molecule has 244 valence electrons. The van der Waals surface area contributed by atoms with Crippen molar-refractivity contribution >= 4 is 22.9 Å². The van der Waals surface area contributed by atoms with Crippen LogP contribution in [0.25, 0.3) is 0 Å². The molecule has 0 radical (unpaired) electrons. The molecule has 0 aliphatic rings. The number of hydrogen-bond donors (Lipinski definition) is 1. The summed E-state index contributed by atoms with van der Waals surface area (Å²) in [5.74, 6) is 1.40. The predicted molar refractivity (Wildman–Crippen MR) is 181 cm³/mol. The number of unbranched alkanes of at least 4 members (excludes halogenated alkanes) is 11. The Morgan fingerprint density at radius 1 is 0.864 bits per heavy atom. The number of aryl methyl sites for hydroxylation is 1. The number of aromatic nitrogens is 1. The number of halogens is 1. The molecule has 5 nitrogen and oxygen atoms in total. The molecule has 0 saturated carbocycles. The monoisotopic (exact) mass is 686 g/mol. The molecule has 1 aromatic heterocycles. The Kier molecular flexibility index (Phi) is 17.7. The topological polar surface area (TPSA) is 51.4 Å². The molecule has 2 aromatic carbocycles. The van der Waals surface area contributed by atoms with E-state index in [1.54, 1.807) is 11.3 Å². The van der Waals surface area contributed by atoms with E-state index in [0.717, 1.165) is 35.6 Å². The molecular weight excluding hydrogens is 632 g/mol. The van der Waals surface area contributed by atoms with Crippen molar-refractivity contribution in [2.75, 3.05) is 18.5 Å². The third-order valence-electron chi connectivity index (χ3n) is 7.75. The van der Waals surface area contributed by atoms with Crippen LogP contribution in [0, 0.1) is 6.92 Å².